The number of hydrogen-bond donors (Lipinski definition) is 7. The lowest BCUT2D eigenvalue weighted by atomic mass is 9.92. The topological polar surface area (TPSA) is 332 Å². The molecule has 56 heavy (non-hydrogen) atoms. The van der Waals surface area contributed by atoms with E-state index in [1.807, 2.05) is 0 Å². The van der Waals surface area contributed by atoms with E-state index in [0.29, 0.717) is 28.8 Å². The van der Waals surface area contributed by atoms with Gasteiger partial charge in [-0.05, 0) is 95.6 Å². The summed E-state index contributed by atoms with van der Waals surface area (Å²) in [7, 11) is -14.9. The number of nitrogen functional groups attached to an aromatic ring is 3. The summed E-state index contributed by atoms with van der Waals surface area (Å²) in [5.41, 5.74) is 20.8. The van der Waals surface area contributed by atoms with Crippen LogP contribution in [0.5, 0.6) is 0 Å². The van der Waals surface area contributed by atoms with Gasteiger partial charge >= 0.3 is 0 Å². The number of Topliss-reactive ketones (excluding diaryl/α,β-unsaturated/α-hetero) is 1. The number of azo groups is 2. The van der Waals surface area contributed by atoms with Gasteiger partial charge in [0.25, 0.3) is 30.4 Å². The molecule has 0 radical (unpaired) electrons. The third kappa shape index (κ3) is 8.49. The maximum atomic E-state index is 13.7. The van der Waals surface area contributed by atoms with Gasteiger partial charge in [0.1, 0.15) is 21.2 Å². The average Bonchev–Trinajstić information content (AvgIpc) is 3.13. The first kappa shape index (κ1) is 39.0. The molecule has 286 valence electrons. The quantitative estimate of drug-likeness (QED) is 0.0351. The monoisotopic (exact) mass is 817 g/mol. The van der Waals surface area contributed by atoms with E-state index in [1.54, 1.807) is 66.7 Å². The number of anilines is 4. The fraction of sp³-hybridized carbons (Fsp3) is 0. The standard InChI is InChI=1S/C34H27N9O10S3/c35-21-5-14-27(26(36)17-21)41-38-22-6-1-18(2-7-22)19-3-8-23(9-4-19)39-42-32-28(55(48,49)50)15-20-16-29(56(51,52)53)33(34(44)30(20)31(32)37)43-40-24-10-12-25(13-11-24)54(45,46)47/h1-17,40H,35-37H2,(H,45,46,47)(H,48,49,50)(H,51,52,53)/b41-38?,42-39?,43-33+. The van der Waals surface area contributed by atoms with E-state index < -0.39 is 79.0 Å². The van der Waals surface area contributed by atoms with E-state index >= 15 is 0 Å². The highest BCUT2D eigenvalue weighted by molar-refractivity contribution is 7.91. The molecule has 1 aliphatic carbocycles. The molecule has 19 nitrogen and oxygen atoms in total. The first-order valence-corrected chi connectivity index (χ1v) is 19.9. The summed E-state index contributed by atoms with van der Waals surface area (Å²) < 4.78 is 101. The molecular weight excluding hydrogens is 791 g/mol. The van der Waals surface area contributed by atoms with E-state index in [9.17, 15) is 43.7 Å². The average molecular weight is 818 g/mol. The molecule has 22 heteroatoms. The Hall–Kier alpha value is -6.69. The SMILES string of the molecule is Nc1ccc(N=Nc2ccc(-c3ccc(N=Nc4c(S(=O)(=O)O)cc5c(c4N)C(=O)/C(=N/Nc4ccc(S(=O)(=O)O)cc4)C(S(=O)(=O)O)=C5)cc3)cc2)c(N)c1. The highest BCUT2D eigenvalue weighted by atomic mass is 32.2. The number of ketones is 1. The van der Waals surface area contributed by atoms with E-state index in [-0.39, 0.29) is 11.4 Å². The Labute approximate surface area is 318 Å². The smallest absolute Gasteiger partial charge is 0.296 e. The summed E-state index contributed by atoms with van der Waals surface area (Å²) in [6, 6.07) is 23.4. The van der Waals surface area contributed by atoms with Gasteiger partial charge in [-0.2, -0.15) is 40.6 Å². The van der Waals surface area contributed by atoms with Crippen molar-refractivity contribution in [2.75, 3.05) is 22.6 Å². The van der Waals surface area contributed by atoms with Gasteiger partial charge < -0.3 is 17.2 Å². The largest absolute Gasteiger partial charge is 0.399 e. The van der Waals surface area contributed by atoms with Gasteiger partial charge in [-0.1, -0.05) is 24.3 Å². The van der Waals surface area contributed by atoms with Gasteiger partial charge in [-0.15, -0.1) is 10.2 Å². The highest BCUT2D eigenvalue weighted by Gasteiger charge is 2.37. The Kier molecular flexibility index (Phi) is 10.4. The van der Waals surface area contributed by atoms with Crippen molar-refractivity contribution in [1.29, 1.82) is 0 Å². The molecule has 5 aromatic carbocycles. The molecule has 0 bridgehead atoms. The number of hydrazone groups is 1. The zero-order valence-corrected chi connectivity index (χ0v) is 30.7. The summed E-state index contributed by atoms with van der Waals surface area (Å²) in [5, 5.41) is 20.1. The van der Waals surface area contributed by atoms with Gasteiger partial charge in [-0.25, -0.2) is 0 Å². The molecule has 0 saturated heterocycles. The Bertz CT molecular complexity index is 2880. The fourth-order valence-corrected chi connectivity index (χ4v) is 7.05. The van der Waals surface area contributed by atoms with Crippen LogP contribution < -0.4 is 22.6 Å². The molecule has 0 amide bonds. The van der Waals surface area contributed by atoms with E-state index in [2.05, 4.69) is 31.0 Å². The van der Waals surface area contributed by atoms with Crippen LogP contribution in [-0.4, -0.2) is 50.4 Å². The molecule has 0 fully saturated rings. The summed E-state index contributed by atoms with van der Waals surface area (Å²) >= 11 is 0. The minimum Gasteiger partial charge on any atom is -0.399 e. The van der Waals surface area contributed by atoms with Crippen molar-refractivity contribution < 1.29 is 43.7 Å². The predicted octanol–water partition coefficient (Wildman–Crippen LogP) is 6.32. The van der Waals surface area contributed by atoms with Crippen LogP contribution >= 0.6 is 0 Å². The first-order valence-electron chi connectivity index (χ1n) is 15.6. The van der Waals surface area contributed by atoms with Crippen LogP contribution in [0.3, 0.4) is 0 Å². The van der Waals surface area contributed by atoms with E-state index in [1.165, 1.54) is 0 Å². The number of hydrogen-bond acceptors (Lipinski definition) is 16. The number of fused-ring (bicyclic) bond motifs is 1. The van der Waals surface area contributed by atoms with Crippen molar-refractivity contribution in [2.24, 2.45) is 25.6 Å². The minimum atomic E-state index is -5.19. The van der Waals surface area contributed by atoms with Crippen LogP contribution in [0.25, 0.3) is 17.2 Å². The third-order valence-corrected chi connectivity index (χ3v) is 10.6. The van der Waals surface area contributed by atoms with Crippen molar-refractivity contribution in [3.63, 3.8) is 0 Å². The Balaban J connectivity index is 1.29. The fourth-order valence-electron chi connectivity index (χ4n) is 5.24. The number of benzene rings is 5. The van der Waals surface area contributed by atoms with Crippen LogP contribution in [-0.2, 0) is 30.4 Å². The lowest BCUT2D eigenvalue weighted by Gasteiger charge is -2.20. The number of carbonyl (C=O) groups is 1. The van der Waals surface area contributed by atoms with E-state index in [0.717, 1.165) is 41.5 Å². The molecule has 10 N–H and O–H groups in total. The zero-order valence-electron chi connectivity index (χ0n) is 28.2. The lowest BCUT2D eigenvalue weighted by Crippen LogP contribution is -2.28. The number of nitrogens with one attached hydrogen (secondary N) is 1. The van der Waals surface area contributed by atoms with E-state index in [4.69, 9.17) is 17.2 Å². The first-order chi connectivity index (χ1) is 26.3. The number of nitrogens with two attached hydrogens (primary N) is 3. The predicted molar refractivity (Wildman–Crippen MR) is 207 cm³/mol. The molecule has 0 spiro atoms. The normalized spacial score (nSPS) is 14.3. The molecule has 1 aliphatic rings. The second-order valence-electron chi connectivity index (χ2n) is 11.8. The second kappa shape index (κ2) is 14.9. The molecule has 0 aliphatic heterocycles. The number of rotatable bonds is 10. The Morgan fingerprint density at radius 3 is 1.70 bits per heavy atom. The molecule has 5 aromatic rings. The summed E-state index contributed by atoms with van der Waals surface area (Å²) in [6.45, 7) is 0. The zero-order chi connectivity index (χ0) is 40.6. The molecular formula is C34H27N9O10S3. The Morgan fingerprint density at radius 1 is 0.607 bits per heavy atom. The maximum absolute atomic E-state index is 13.7. The molecule has 6 rings (SSSR count). The number of allylic oxidation sites excluding steroid dienone is 1. The van der Waals surface area contributed by atoms with Gasteiger partial charge in [0.15, 0.2) is 5.71 Å². The maximum Gasteiger partial charge on any atom is 0.296 e. The van der Waals surface area contributed by atoms with Crippen LogP contribution in [0, 0.1) is 0 Å². The summed E-state index contributed by atoms with van der Waals surface area (Å²) in [4.78, 5) is 11.3. The second-order valence-corrected chi connectivity index (χ2v) is 16.0. The summed E-state index contributed by atoms with van der Waals surface area (Å²) in [5.74, 6) is -1.21. The van der Waals surface area contributed by atoms with Crippen LogP contribution in [0.15, 0.2) is 137 Å². The molecule has 0 aromatic heterocycles. The van der Waals surface area contributed by atoms with Crippen molar-refractivity contribution >= 4 is 93.4 Å². The third-order valence-electron chi connectivity index (χ3n) is 7.96. The molecule has 0 atom stereocenters. The van der Waals surface area contributed by atoms with Crippen molar-refractivity contribution in [2.45, 2.75) is 9.79 Å². The van der Waals surface area contributed by atoms with Crippen molar-refractivity contribution in [1.82, 2.24) is 0 Å². The van der Waals surface area contributed by atoms with Gasteiger partial charge in [0.2, 0.25) is 5.78 Å². The van der Waals surface area contributed by atoms with Crippen molar-refractivity contribution in [3.8, 4) is 11.1 Å². The van der Waals surface area contributed by atoms with Crippen LogP contribution in [0.4, 0.5) is 45.5 Å². The van der Waals surface area contributed by atoms with Crippen LogP contribution in [0.2, 0.25) is 0 Å². The minimum absolute atomic E-state index is 0.0215. The van der Waals surface area contributed by atoms with Crippen molar-refractivity contribution in [3.05, 3.63) is 113 Å². The van der Waals surface area contributed by atoms with Gasteiger partial charge in [0, 0.05) is 5.69 Å². The molecule has 0 unspecified atom stereocenters. The molecule has 0 heterocycles. The van der Waals surface area contributed by atoms with Crippen LogP contribution in [0.1, 0.15) is 15.9 Å². The van der Waals surface area contributed by atoms with Gasteiger partial charge in [-0.3, -0.25) is 23.9 Å². The summed E-state index contributed by atoms with van der Waals surface area (Å²) in [6.07, 6.45) is 0.712. The number of nitrogens with zero attached hydrogens (tertiary/aromatic N) is 5. The number of carbonyl (C=O) groups excluding carboxylic acids is 1. The lowest BCUT2D eigenvalue weighted by molar-refractivity contribution is 0.106. The Morgan fingerprint density at radius 2 is 1.18 bits per heavy atom. The van der Waals surface area contributed by atoms with Gasteiger partial charge in [0.05, 0.1) is 38.9 Å². The molecule has 0 saturated carbocycles. The highest BCUT2D eigenvalue weighted by Crippen LogP contribution is 2.41.